The smallest absolute Gasteiger partial charge is 0.258 e. The zero-order chi connectivity index (χ0) is 22.9. The van der Waals surface area contributed by atoms with Crippen LogP contribution in [0, 0.1) is 13.8 Å². The van der Waals surface area contributed by atoms with Gasteiger partial charge in [-0.15, -0.1) is 10.2 Å². The summed E-state index contributed by atoms with van der Waals surface area (Å²) < 4.78 is 3.57. The molecule has 0 aliphatic rings. The first-order chi connectivity index (χ1) is 16.0. The highest BCUT2D eigenvalue weighted by atomic mass is 35.5. The number of benzene rings is 2. The van der Waals surface area contributed by atoms with Gasteiger partial charge in [-0.3, -0.25) is 13.8 Å². The Hall–Kier alpha value is -3.42. The van der Waals surface area contributed by atoms with E-state index in [2.05, 4.69) is 29.3 Å². The van der Waals surface area contributed by atoms with E-state index in [1.807, 2.05) is 60.0 Å². The molecule has 0 aliphatic carbocycles. The molecule has 0 saturated carbocycles. The number of halogens is 1. The summed E-state index contributed by atoms with van der Waals surface area (Å²) in [6.07, 6.45) is 1.74. The van der Waals surface area contributed by atoms with Gasteiger partial charge in [-0.05, 0) is 49.7 Å². The number of nitrogens with zero attached hydrogens (tertiary/aromatic N) is 5. The molecular formula is C25H20ClN5OS. The molecule has 0 N–H and O–H groups in total. The van der Waals surface area contributed by atoms with Gasteiger partial charge in [0.05, 0.1) is 5.69 Å². The van der Waals surface area contributed by atoms with Gasteiger partial charge in [0, 0.05) is 34.3 Å². The fourth-order valence-electron chi connectivity index (χ4n) is 3.60. The van der Waals surface area contributed by atoms with Gasteiger partial charge in [0.1, 0.15) is 5.65 Å². The second kappa shape index (κ2) is 8.84. The lowest BCUT2D eigenvalue weighted by atomic mass is 10.1. The van der Waals surface area contributed by atoms with Crippen LogP contribution in [0.4, 0.5) is 0 Å². The second-order valence-electron chi connectivity index (χ2n) is 7.74. The SMILES string of the molecule is Cc1ccc(-c2nnc(SCc3cc(=O)n4cccc(C)c4n3)n2-c2ccc(Cl)cc2)cc1. The minimum Gasteiger partial charge on any atom is -0.270 e. The number of rotatable bonds is 5. The molecule has 0 spiro atoms. The van der Waals surface area contributed by atoms with Crippen molar-refractivity contribution in [2.24, 2.45) is 0 Å². The Morgan fingerprint density at radius 1 is 0.970 bits per heavy atom. The van der Waals surface area contributed by atoms with Gasteiger partial charge in [0.2, 0.25) is 0 Å². The number of pyridine rings is 1. The van der Waals surface area contributed by atoms with Gasteiger partial charge in [0.15, 0.2) is 11.0 Å². The van der Waals surface area contributed by atoms with Crippen molar-refractivity contribution in [3.8, 4) is 17.1 Å². The molecule has 33 heavy (non-hydrogen) atoms. The summed E-state index contributed by atoms with van der Waals surface area (Å²) in [6.45, 7) is 4.00. The van der Waals surface area contributed by atoms with Crippen LogP contribution >= 0.6 is 23.4 Å². The Kier molecular flexibility index (Phi) is 5.74. The molecule has 0 radical (unpaired) electrons. The Balaban J connectivity index is 1.54. The summed E-state index contributed by atoms with van der Waals surface area (Å²) in [5.74, 6) is 1.22. The average Bonchev–Trinajstić information content (AvgIpc) is 3.23. The molecule has 0 fully saturated rings. The number of hydrogen-bond donors (Lipinski definition) is 0. The van der Waals surface area contributed by atoms with Crippen molar-refractivity contribution < 1.29 is 0 Å². The molecule has 0 unspecified atom stereocenters. The first kappa shape index (κ1) is 21.4. The molecule has 8 heteroatoms. The highest BCUT2D eigenvalue weighted by Gasteiger charge is 2.17. The third-order valence-electron chi connectivity index (χ3n) is 5.32. The zero-order valence-electron chi connectivity index (χ0n) is 18.1. The normalized spacial score (nSPS) is 11.2. The molecule has 2 aromatic carbocycles. The highest BCUT2D eigenvalue weighted by Crippen LogP contribution is 2.30. The van der Waals surface area contributed by atoms with Crippen molar-refractivity contribution in [1.29, 1.82) is 0 Å². The predicted molar refractivity (Wildman–Crippen MR) is 132 cm³/mol. The first-order valence-corrected chi connectivity index (χ1v) is 11.7. The summed E-state index contributed by atoms with van der Waals surface area (Å²) in [5, 5.41) is 10.3. The fraction of sp³-hybridized carbons (Fsp3) is 0.120. The van der Waals surface area contributed by atoms with Crippen LogP contribution in [-0.2, 0) is 5.75 Å². The maximum atomic E-state index is 12.6. The lowest BCUT2D eigenvalue weighted by molar-refractivity contribution is 0.884. The van der Waals surface area contributed by atoms with Crippen LogP contribution in [0.15, 0.2) is 82.9 Å². The number of aryl methyl sites for hydroxylation is 2. The van der Waals surface area contributed by atoms with Gasteiger partial charge >= 0.3 is 0 Å². The first-order valence-electron chi connectivity index (χ1n) is 10.4. The van der Waals surface area contributed by atoms with Gasteiger partial charge in [0.25, 0.3) is 5.56 Å². The number of aromatic nitrogens is 5. The second-order valence-corrected chi connectivity index (χ2v) is 9.12. The van der Waals surface area contributed by atoms with Crippen molar-refractivity contribution in [2.75, 3.05) is 0 Å². The van der Waals surface area contributed by atoms with Crippen LogP contribution in [-0.4, -0.2) is 24.1 Å². The molecular weight excluding hydrogens is 454 g/mol. The minimum atomic E-state index is -0.0983. The summed E-state index contributed by atoms with van der Waals surface area (Å²) in [4.78, 5) is 17.3. The maximum absolute atomic E-state index is 12.6. The van der Waals surface area contributed by atoms with Crippen molar-refractivity contribution in [2.45, 2.75) is 24.8 Å². The van der Waals surface area contributed by atoms with Crippen molar-refractivity contribution in [1.82, 2.24) is 24.1 Å². The van der Waals surface area contributed by atoms with E-state index in [1.54, 1.807) is 16.7 Å². The topological polar surface area (TPSA) is 65.1 Å². The summed E-state index contributed by atoms with van der Waals surface area (Å²) in [6, 6.07) is 21.1. The molecule has 0 saturated heterocycles. The largest absolute Gasteiger partial charge is 0.270 e. The van der Waals surface area contributed by atoms with E-state index in [0.717, 1.165) is 22.6 Å². The van der Waals surface area contributed by atoms with E-state index >= 15 is 0 Å². The number of fused-ring (bicyclic) bond motifs is 1. The molecule has 0 amide bonds. The third kappa shape index (κ3) is 4.29. The van der Waals surface area contributed by atoms with Crippen LogP contribution in [0.2, 0.25) is 5.02 Å². The van der Waals surface area contributed by atoms with Crippen molar-refractivity contribution >= 4 is 29.0 Å². The van der Waals surface area contributed by atoms with Crippen LogP contribution in [0.1, 0.15) is 16.8 Å². The summed E-state index contributed by atoms with van der Waals surface area (Å²) >= 11 is 7.60. The zero-order valence-corrected chi connectivity index (χ0v) is 19.6. The Bertz CT molecular complexity index is 1510. The molecule has 6 nitrogen and oxygen atoms in total. The number of thioether (sulfide) groups is 1. The van der Waals surface area contributed by atoms with E-state index in [1.165, 1.54) is 17.3 Å². The van der Waals surface area contributed by atoms with E-state index in [4.69, 9.17) is 16.6 Å². The highest BCUT2D eigenvalue weighted by molar-refractivity contribution is 7.98. The van der Waals surface area contributed by atoms with E-state index in [-0.39, 0.29) is 5.56 Å². The van der Waals surface area contributed by atoms with E-state index in [0.29, 0.717) is 27.3 Å². The minimum absolute atomic E-state index is 0.0983. The van der Waals surface area contributed by atoms with Crippen molar-refractivity contribution in [3.05, 3.63) is 105 Å². The maximum Gasteiger partial charge on any atom is 0.258 e. The monoisotopic (exact) mass is 473 g/mol. The van der Waals surface area contributed by atoms with E-state index in [9.17, 15) is 4.79 Å². The number of hydrogen-bond acceptors (Lipinski definition) is 5. The van der Waals surface area contributed by atoms with Crippen LogP contribution in [0.25, 0.3) is 22.7 Å². The van der Waals surface area contributed by atoms with Gasteiger partial charge < -0.3 is 0 Å². The Morgan fingerprint density at radius 2 is 1.73 bits per heavy atom. The fourth-order valence-corrected chi connectivity index (χ4v) is 4.57. The quantitative estimate of drug-likeness (QED) is 0.315. The van der Waals surface area contributed by atoms with Crippen molar-refractivity contribution in [3.63, 3.8) is 0 Å². The van der Waals surface area contributed by atoms with Gasteiger partial charge in [-0.2, -0.15) is 0 Å². The Morgan fingerprint density at radius 3 is 2.48 bits per heavy atom. The van der Waals surface area contributed by atoms with Crippen LogP contribution in [0.3, 0.4) is 0 Å². The third-order valence-corrected chi connectivity index (χ3v) is 6.53. The van der Waals surface area contributed by atoms with E-state index < -0.39 is 0 Å². The molecule has 0 aliphatic heterocycles. The summed E-state index contributed by atoms with van der Waals surface area (Å²) in [5.41, 5.74) is 5.26. The lowest BCUT2D eigenvalue weighted by Gasteiger charge is -2.11. The summed E-state index contributed by atoms with van der Waals surface area (Å²) in [7, 11) is 0. The van der Waals surface area contributed by atoms with Crippen LogP contribution in [0.5, 0.6) is 0 Å². The molecule has 0 bridgehead atoms. The molecule has 0 atom stereocenters. The Labute approximate surface area is 199 Å². The van der Waals surface area contributed by atoms with Gasteiger partial charge in [-0.1, -0.05) is 59.3 Å². The lowest BCUT2D eigenvalue weighted by Crippen LogP contribution is -2.15. The van der Waals surface area contributed by atoms with Crippen LogP contribution < -0.4 is 5.56 Å². The average molecular weight is 474 g/mol. The molecule has 5 aromatic rings. The standard InChI is InChI=1S/C25H20ClN5OS/c1-16-5-7-18(8-6-16)24-28-29-25(31(24)21-11-9-19(26)10-12-21)33-15-20-14-22(32)30-13-3-4-17(2)23(30)27-20/h3-14H,15H2,1-2H3. The molecule has 3 heterocycles. The molecule has 3 aromatic heterocycles. The molecule has 164 valence electrons. The van der Waals surface area contributed by atoms with Gasteiger partial charge in [-0.25, -0.2) is 4.98 Å². The molecule has 5 rings (SSSR count). The predicted octanol–water partition coefficient (Wildman–Crippen LogP) is 5.50.